The van der Waals surface area contributed by atoms with Crippen LogP contribution < -0.4 is 10.1 Å². The number of hydrogen-bond donors (Lipinski definition) is 1. The molecule has 0 aliphatic carbocycles. The van der Waals surface area contributed by atoms with Gasteiger partial charge in [0.15, 0.2) is 6.61 Å². The van der Waals surface area contributed by atoms with Crippen LogP contribution in [0.15, 0.2) is 35.7 Å². The maximum absolute atomic E-state index is 12.0. The number of aromatic nitrogens is 1. The highest BCUT2D eigenvalue weighted by atomic mass is 32.1. The molecule has 0 unspecified atom stereocenters. The molecule has 1 N–H and O–H groups in total. The Morgan fingerprint density at radius 2 is 2.04 bits per heavy atom. The summed E-state index contributed by atoms with van der Waals surface area (Å²) in [5.74, 6) is -0.153. The summed E-state index contributed by atoms with van der Waals surface area (Å²) in [6, 6.07) is 6.06. The van der Waals surface area contributed by atoms with Crippen LogP contribution in [0.2, 0.25) is 0 Å². The van der Waals surface area contributed by atoms with Crippen LogP contribution in [0.3, 0.4) is 0 Å². The van der Waals surface area contributed by atoms with Crippen molar-refractivity contribution in [2.24, 2.45) is 0 Å². The van der Waals surface area contributed by atoms with E-state index in [4.69, 9.17) is 0 Å². The molecule has 0 fully saturated rings. The van der Waals surface area contributed by atoms with Crippen molar-refractivity contribution in [2.45, 2.75) is 19.6 Å². The maximum atomic E-state index is 12.0. The monoisotopic (exact) mass is 356 g/mol. The van der Waals surface area contributed by atoms with Crippen LogP contribution >= 0.6 is 11.3 Å². The van der Waals surface area contributed by atoms with Crippen molar-refractivity contribution in [1.29, 1.82) is 0 Å². The maximum Gasteiger partial charge on any atom is 0.422 e. The Balaban J connectivity index is 1.79. The Labute approximate surface area is 141 Å². The molecular weight excluding hydrogens is 341 g/mol. The third-order valence-corrected chi connectivity index (χ3v) is 3.63. The Bertz CT molecular complexity index is 709. The molecule has 1 amide bonds. The number of thiazole rings is 1. The predicted molar refractivity (Wildman–Crippen MR) is 85.7 cm³/mol. The quantitative estimate of drug-likeness (QED) is 0.803. The highest BCUT2D eigenvalue weighted by Crippen LogP contribution is 2.18. The van der Waals surface area contributed by atoms with Gasteiger partial charge >= 0.3 is 6.18 Å². The van der Waals surface area contributed by atoms with Crippen molar-refractivity contribution >= 4 is 23.3 Å². The topological polar surface area (TPSA) is 51.2 Å². The zero-order chi connectivity index (χ0) is 17.6. The molecule has 0 aliphatic heterocycles. The molecule has 0 saturated carbocycles. The first kappa shape index (κ1) is 18.0. The number of carbonyl (C=O) groups is 1. The molecule has 0 radical (unpaired) electrons. The third kappa shape index (κ3) is 6.41. The average Bonchev–Trinajstić information content (AvgIpc) is 2.95. The standard InChI is InChI=1S/C16H15F3N2O2S/c1-11-21-13(9-24-11)4-7-15(22)20-8-12-2-5-14(6-3-12)23-10-16(17,18)19/h2-7,9H,8,10H2,1H3,(H,20,22)/b7-4+. The summed E-state index contributed by atoms with van der Waals surface area (Å²) >= 11 is 1.50. The highest BCUT2D eigenvalue weighted by Gasteiger charge is 2.28. The molecular formula is C16H15F3N2O2S. The van der Waals surface area contributed by atoms with Crippen molar-refractivity contribution in [1.82, 2.24) is 10.3 Å². The molecule has 0 saturated heterocycles. The van der Waals surface area contributed by atoms with Crippen LogP contribution in [0.1, 0.15) is 16.3 Å². The zero-order valence-electron chi connectivity index (χ0n) is 12.8. The number of amides is 1. The van der Waals surface area contributed by atoms with Gasteiger partial charge < -0.3 is 10.1 Å². The predicted octanol–water partition coefficient (Wildman–Crippen LogP) is 3.72. The van der Waals surface area contributed by atoms with Gasteiger partial charge in [-0.15, -0.1) is 11.3 Å². The van der Waals surface area contributed by atoms with Gasteiger partial charge in [-0.3, -0.25) is 4.79 Å². The molecule has 2 rings (SSSR count). The second kappa shape index (κ2) is 7.96. The minimum Gasteiger partial charge on any atom is -0.484 e. The number of rotatable bonds is 6. The lowest BCUT2D eigenvalue weighted by Crippen LogP contribution is -2.20. The smallest absolute Gasteiger partial charge is 0.422 e. The van der Waals surface area contributed by atoms with Gasteiger partial charge in [-0.1, -0.05) is 12.1 Å². The van der Waals surface area contributed by atoms with Crippen molar-refractivity contribution < 1.29 is 22.7 Å². The molecule has 2 aromatic rings. The lowest BCUT2D eigenvalue weighted by atomic mass is 10.2. The molecule has 1 aromatic heterocycles. The van der Waals surface area contributed by atoms with Crippen molar-refractivity contribution in [3.8, 4) is 5.75 Å². The van der Waals surface area contributed by atoms with E-state index in [1.807, 2.05) is 12.3 Å². The number of ether oxygens (including phenoxy) is 1. The minimum atomic E-state index is -4.37. The lowest BCUT2D eigenvalue weighted by molar-refractivity contribution is -0.153. The second-order valence-electron chi connectivity index (χ2n) is 4.89. The van der Waals surface area contributed by atoms with Crippen LogP contribution in [-0.2, 0) is 11.3 Å². The molecule has 0 spiro atoms. The summed E-state index contributed by atoms with van der Waals surface area (Å²) in [5.41, 5.74) is 1.47. The summed E-state index contributed by atoms with van der Waals surface area (Å²) in [6.45, 7) is 0.812. The molecule has 8 heteroatoms. The number of hydrogen-bond acceptors (Lipinski definition) is 4. The molecule has 4 nitrogen and oxygen atoms in total. The van der Waals surface area contributed by atoms with Gasteiger partial charge in [0.25, 0.3) is 0 Å². The lowest BCUT2D eigenvalue weighted by Gasteiger charge is -2.09. The Kier molecular flexibility index (Phi) is 5.97. The Hall–Kier alpha value is -2.35. The van der Waals surface area contributed by atoms with Crippen molar-refractivity contribution in [3.63, 3.8) is 0 Å². The fourth-order valence-electron chi connectivity index (χ4n) is 1.73. The molecule has 0 aliphatic rings. The number of aryl methyl sites for hydroxylation is 1. The van der Waals surface area contributed by atoms with E-state index < -0.39 is 12.8 Å². The van der Waals surface area contributed by atoms with E-state index in [0.717, 1.165) is 16.3 Å². The largest absolute Gasteiger partial charge is 0.484 e. The number of nitrogens with zero attached hydrogens (tertiary/aromatic N) is 1. The third-order valence-electron chi connectivity index (χ3n) is 2.83. The zero-order valence-corrected chi connectivity index (χ0v) is 13.6. The summed E-state index contributed by atoms with van der Waals surface area (Å²) in [5, 5.41) is 5.45. The minimum absolute atomic E-state index is 0.126. The van der Waals surface area contributed by atoms with E-state index in [0.29, 0.717) is 0 Å². The van der Waals surface area contributed by atoms with Crippen LogP contribution in [-0.4, -0.2) is 23.7 Å². The molecule has 0 atom stereocenters. The van der Waals surface area contributed by atoms with Crippen LogP contribution in [0.5, 0.6) is 5.75 Å². The van der Waals surface area contributed by atoms with E-state index in [1.165, 1.54) is 29.5 Å². The highest BCUT2D eigenvalue weighted by molar-refractivity contribution is 7.09. The first-order chi connectivity index (χ1) is 11.3. The van der Waals surface area contributed by atoms with Crippen molar-refractivity contribution in [3.05, 3.63) is 52.0 Å². The van der Waals surface area contributed by atoms with Crippen LogP contribution in [0.4, 0.5) is 13.2 Å². The molecule has 128 valence electrons. The van der Waals surface area contributed by atoms with E-state index in [2.05, 4.69) is 15.0 Å². The average molecular weight is 356 g/mol. The summed E-state index contributed by atoms with van der Waals surface area (Å²) in [6.07, 6.45) is -1.36. The first-order valence-electron chi connectivity index (χ1n) is 6.98. The fourth-order valence-corrected chi connectivity index (χ4v) is 2.32. The fraction of sp³-hybridized carbons (Fsp3) is 0.250. The summed E-state index contributed by atoms with van der Waals surface area (Å²) < 4.78 is 40.7. The van der Waals surface area contributed by atoms with Gasteiger partial charge in [-0.2, -0.15) is 13.2 Å². The summed E-state index contributed by atoms with van der Waals surface area (Å²) in [7, 11) is 0. The van der Waals surface area contributed by atoms with E-state index in [9.17, 15) is 18.0 Å². The van der Waals surface area contributed by atoms with E-state index in [1.54, 1.807) is 18.2 Å². The number of alkyl halides is 3. The van der Waals surface area contributed by atoms with Crippen LogP contribution in [0.25, 0.3) is 6.08 Å². The van der Waals surface area contributed by atoms with Gasteiger partial charge in [0.1, 0.15) is 5.75 Å². The van der Waals surface area contributed by atoms with Crippen molar-refractivity contribution in [2.75, 3.05) is 6.61 Å². The van der Waals surface area contributed by atoms with Gasteiger partial charge in [0, 0.05) is 18.0 Å². The van der Waals surface area contributed by atoms with Gasteiger partial charge in [0.2, 0.25) is 5.91 Å². The summed E-state index contributed by atoms with van der Waals surface area (Å²) in [4.78, 5) is 15.9. The number of nitrogens with one attached hydrogen (secondary N) is 1. The van der Waals surface area contributed by atoms with Gasteiger partial charge in [-0.25, -0.2) is 4.98 Å². The number of carbonyl (C=O) groups excluding carboxylic acids is 1. The SMILES string of the molecule is Cc1nc(/C=C/C(=O)NCc2ccc(OCC(F)(F)F)cc2)cs1. The van der Waals surface area contributed by atoms with Gasteiger partial charge in [0.05, 0.1) is 10.7 Å². The Morgan fingerprint density at radius 1 is 1.33 bits per heavy atom. The molecule has 24 heavy (non-hydrogen) atoms. The first-order valence-corrected chi connectivity index (χ1v) is 7.86. The van der Waals surface area contributed by atoms with Gasteiger partial charge in [-0.05, 0) is 30.7 Å². The normalized spacial score (nSPS) is 11.7. The van der Waals surface area contributed by atoms with Crippen LogP contribution in [0, 0.1) is 6.92 Å². The number of benzene rings is 1. The van der Waals surface area contributed by atoms with E-state index in [-0.39, 0.29) is 18.2 Å². The number of halogens is 3. The second-order valence-corrected chi connectivity index (χ2v) is 5.95. The molecule has 0 bridgehead atoms. The van der Waals surface area contributed by atoms with E-state index >= 15 is 0 Å². The molecule has 1 aromatic carbocycles. The Morgan fingerprint density at radius 3 is 2.62 bits per heavy atom. The molecule has 1 heterocycles.